The molecular formula is C16H23ClF2N2O2. The number of halogens is 3. The Morgan fingerprint density at radius 2 is 2.13 bits per heavy atom. The third kappa shape index (κ3) is 4.78. The van der Waals surface area contributed by atoms with Crippen LogP contribution in [0.2, 0.25) is 0 Å². The molecule has 3 unspecified atom stereocenters. The van der Waals surface area contributed by atoms with Crippen molar-refractivity contribution in [2.45, 2.75) is 38.8 Å². The molecule has 0 saturated carbocycles. The van der Waals surface area contributed by atoms with Crippen LogP contribution in [0.3, 0.4) is 0 Å². The van der Waals surface area contributed by atoms with E-state index in [1.807, 2.05) is 0 Å². The molecular weight excluding hydrogens is 326 g/mol. The zero-order chi connectivity index (χ0) is 16.3. The molecule has 2 N–H and O–H groups in total. The summed E-state index contributed by atoms with van der Waals surface area (Å²) in [7, 11) is 0. The third-order valence-corrected chi connectivity index (χ3v) is 4.08. The van der Waals surface area contributed by atoms with Crippen LogP contribution in [0.25, 0.3) is 0 Å². The second-order valence-electron chi connectivity index (χ2n) is 5.89. The van der Waals surface area contributed by atoms with Crippen molar-refractivity contribution in [2.24, 2.45) is 11.7 Å². The van der Waals surface area contributed by atoms with Crippen LogP contribution in [0.1, 0.15) is 26.7 Å². The van der Waals surface area contributed by atoms with Crippen molar-refractivity contribution in [1.82, 2.24) is 4.90 Å². The second kappa shape index (κ2) is 8.45. The highest BCUT2D eigenvalue weighted by Crippen LogP contribution is 2.24. The summed E-state index contributed by atoms with van der Waals surface area (Å²) < 4.78 is 31.5. The number of nitrogens with zero attached hydrogens (tertiary/aromatic N) is 1. The average Bonchev–Trinajstić information content (AvgIpc) is 2.50. The molecule has 1 fully saturated rings. The van der Waals surface area contributed by atoms with E-state index in [1.165, 1.54) is 6.07 Å². The van der Waals surface area contributed by atoms with E-state index in [9.17, 15) is 13.6 Å². The van der Waals surface area contributed by atoms with E-state index in [1.54, 1.807) is 11.8 Å². The smallest absolute Gasteiger partial charge is 0.263 e. The van der Waals surface area contributed by atoms with E-state index >= 15 is 0 Å². The number of amides is 1. The van der Waals surface area contributed by atoms with Crippen molar-refractivity contribution < 1.29 is 18.3 Å². The zero-order valence-corrected chi connectivity index (χ0v) is 14.1. The van der Waals surface area contributed by atoms with Gasteiger partial charge in [-0.25, -0.2) is 8.78 Å². The van der Waals surface area contributed by atoms with Crippen LogP contribution in [0.4, 0.5) is 8.78 Å². The Labute approximate surface area is 141 Å². The molecule has 1 aromatic rings. The third-order valence-electron chi connectivity index (χ3n) is 4.08. The molecule has 0 aromatic heterocycles. The van der Waals surface area contributed by atoms with Crippen molar-refractivity contribution in [1.29, 1.82) is 0 Å². The molecule has 1 aromatic carbocycles. The Morgan fingerprint density at radius 3 is 2.74 bits per heavy atom. The summed E-state index contributed by atoms with van der Waals surface area (Å²) in [6.07, 6.45) is 1.03. The van der Waals surface area contributed by atoms with Crippen molar-refractivity contribution in [3.8, 4) is 5.75 Å². The number of benzene rings is 1. The van der Waals surface area contributed by atoms with Gasteiger partial charge in [-0.05, 0) is 37.8 Å². The first-order valence-corrected chi connectivity index (χ1v) is 7.54. The minimum atomic E-state index is -0.996. The van der Waals surface area contributed by atoms with Crippen LogP contribution >= 0.6 is 12.4 Å². The fourth-order valence-corrected chi connectivity index (χ4v) is 2.80. The Kier molecular flexibility index (Phi) is 7.22. The minimum absolute atomic E-state index is 0. The Bertz CT molecular complexity index is 545. The molecule has 23 heavy (non-hydrogen) atoms. The summed E-state index contributed by atoms with van der Waals surface area (Å²) in [6, 6.07) is 3.23. The number of hydrogen-bond acceptors (Lipinski definition) is 3. The lowest BCUT2D eigenvalue weighted by atomic mass is 9.92. The van der Waals surface area contributed by atoms with Gasteiger partial charge in [-0.2, -0.15) is 0 Å². The molecule has 7 heteroatoms. The maximum Gasteiger partial charge on any atom is 0.263 e. The molecule has 1 heterocycles. The number of likely N-dealkylation sites (tertiary alicyclic amines) is 1. The quantitative estimate of drug-likeness (QED) is 0.910. The van der Waals surface area contributed by atoms with E-state index in [4.69, 9.17) is 10.5 Å². The van der Waals surface area contributed by atoms with Crippen LogP contribution in [0.5, 0.6) is 5.75 Å². The summed E-state index contributed by atoms with van der Waals surface area (Å²) >= 11 is 0. The van der Waals surface area contributed by atoms with Gasteiger partial charge in [0.15, 0.2) is 17.7 Å². The Hall–Kier alpha value is -1.40. The number of hydrogen-bond donors (Lipinski definition) is 1. The first kappa shape index (κ1) is 19.6. The highest BCUT2D eigenvalue weighted by atomic mass is 35.5. The Balaban J connectivity index is 0.00000264. The number of ether oxygens (including phenoxy) is 1. The lowest BCUT2D eigenvalue weighted by Crippen LogP contribution is -2.52. The van der Waals surface area contributed by atoms with Crippen molar-refractivity contribution in [3.05, 3.63) is 29.8 Å². The molecule has 1 aliphatic heterocycles. The van der Waals surface area contributed by atoms with E-state index in [0.29, 0.717) is 19.0 Å². The SMILES string of the molecule is CC1CCN(C(=O)C(C)Oc2ccc(F)c(F)c2)C(CN)C1.Cl. The van der Waals surface area contributed by atoms with Crippen molar-refractivity contribution >= 4 is 18.3 Å². The van der Waals surface area contributed by atoms with Gasteiger partial charge in [0, 0.05) is 25.2 Å². The van der Waals surface area contributed by atoms with Gasteiger partial charge in [-0.1, -0.05) is 6.92 Å². The summed E-state index contributed by atoms with van der Waals surface area (Å²) in [6.45, 7) is 4.81. The standard InChI is InChI=1S/C16H22F2N2O2.ClH/c1-10-5-6-20(12(7-10)9-19)16(21)11(2)22-13-3-4-14(17)15(18)8-13;/h3-4,8,10-12H,5-7,9,19H2,1-2H3;1H. The molecule has 130 valence electrons. The predicted molar refractivity (Wildman–Crippen MR) is 86.6 cm³/mol. The summed E-state index contributed by atoms with van der Waals surface area (Å²) in [5.74, 6) is -1.44. The van der Waals surface area contributed by atoms with Crippen LogP contribution in [0.15, 0.2) is 18.2 Å². The molecule has 1 amide bonds. The molecule has 0 radical (unpaired) electrons. The number of nitrogens with two attached hydrogens (primary N) is 1. The Morgan fingerprint density at radius 1 is 1.43 bits per heavy atom. The molecule has 0 bridgehead atoms. The van der Waals surface area contributed by atoms with E-state index in [0.717, 1.165) is 25.0 Å². The second-order valence-corrected chi connectivity index (χ2v) is 5.89. The first-order valence-electron chi connectivity index (χ1n) is 7.54. The van der Waals surface area contributed by atoms with Gasteiger partial charge in [0.05, 0.1) is 0 Å². The van der Waals surface area contributed by atoms with Gasteiger partial charge in [0.2, 0.25) is 0 Å². The van der Waals surface area contributed by atoms with Gasteiger partial charge in [-0.15, -0.1) is 12.4 Å². The molecule has 0 spiro atoms. The van der Waals surface area contributed by atoms with Crippen molar-refractivity contribution in [3.63, 3.8) is 0 Å². The molecule has 4 nitrogen and oxygen atoms in total. The molecule has 1 aliphatic rings. The van der Waals surface area contributed by atoms with E-state index in [2.05, 4.69) is 6.92 Å². The summed E-state index contributed by atoms with van der Waals surface area (Å²) in [5, 5.41) is 0. The van der Waals surface area contributed by atoms with Gasteiger partial charge in [0.25, 0.3) is 5.91 Å². The van der Waals surface area contributed by atoms with Gasteiger partial charge in [-0.3, -0.25) is 4.79 Å². The summed E-state index contributed by atoms with van der Waals surface area (Å²) in [4.78, 5) is 14.2. The highest BCUT2D eigenvalue weighted by Gasteiger charge is 2.32. The maximum absolute atomic E-state index is 13.2. The van der Waals surface area contributed by atoms with Crippen LogP contribution in [-0.4, -0.2) is 36.0 Å². The largest absolute Gasteiger partial charge is 0.481 e. The van der Waals surface area contributed by atoms with Crippen LogP contribution in [-0.2, 0) is 4.79 Å². The van der Waals surface area contributed by atoms with Gasteiger partial charge < -0.3 is 15.4 Å². The normalized spacial score (nSPS) is 22.2. The molecule has 2 rings (SSSR count). The highest BCUT2D eigenvalue weighted by molar-refractivity contribution is 5.85. The van der Waals surface area contributed by atoms with E-state index < -0.39 is 17.7 Å². The number of carbonyl (C=O) groups excluding carboxylic acids is 1. The van der Waals surface area contributed by atoms with Crippen LogP contribution in [0, 0.1) is 17.6 Å². The first-order chi connectivity index (χ1) is 10.4. The monoisotopic (exact) mass is 348 g/mol. The molecule has 3 atom stereocenters. The fraction of sp³-hybridized carbons (Fsp3) is 0.562. The molecule has 0 aliphatic carbocycles. The lowest BCUT2D eigenvalue weighted by molar-refractivity contribution is -0.142. The van der Waals surface area contributed by atoms with E-state index in [-0.39, 0.29) is 30.1 Å². The van der Waals surface area contributed by atoms with Crippen molar-refractivity contribution in [2.75, 3.05) is 13.1 Å². The number of rotatable bonds is 4. The van der Waals surface area contributed by atoms with Crippen LogP contribution < -0.4 is 10.5 Å². The van der Waals surface area contributed by atoms with Gasteiger partial charge >= 0.3 is 0 Å². The zero-order valence-electron chi connectivity index (χ0n) is 13.3. The summed E-state index contributed by atoms with van der Waals surface area (Å²) in [5.41, 5.74) is 5.76. The lowest BCUT2D eigenvalue weighted by Gasteiger charge is -2.39. The number of carbonyl (C=O) groups is 1. The molecule has 1 saturated heterocycles. The predicted octanol–water partition coefficient (Wildman–Crippen LogP) is 2.74. The fourth-order valence-electron chi connectivity index (χ4n) is 2.80. The average molecular weight is 349 g/mol. The minimum Gasteiger partial charge on any atom is -0.481 e. The maximum atomic E-state index is 13.2. The topological polar surface area (TPSA) is 55.6 Å². The van der Waals surface area contributed by atoms with Gasteiger partial charge in [0.1, 0.15) is 5.75 Å². The number of piperidine rings is 1.